The number of esters is 1. The minimum Gasteiger partial charge on any atom is -0.459 e. The van der Waals surface area contributed by atoms with E-state index in [-0.39, 0.29) is 30.2 Å². The van der Waals surface area contributed by atoms with Gasteiger partial charge in [-0.1, -0.05) is 6.07 Å². The summed E-state index contributed by atoms with van der Waals surface area (Å²) in [4.78, 5) is 22.6. The number of aryl methyl sites for hydroxylation is 1. The summed E-state index contributed by atoms with van der Waals surface area (Å²) in [7, 11) is 0. The number of pyridine rings is 1. The maximum absolute atomic E-state index is 12.1. The predicted molar refractivity (Wildman–Crippen MR) is 90.3 cm³/mol. The van der Waals surface area contributed by atoms with Crippen molar-refractivity contribution in [1.82, 2.24) is 14.2 Å². The van der Waals surface area contributed by atoms with Crippen LogP contribution in [-0.4, -0.2) is 25.1 Å². The van der Waals surface area contributed by atoms with Crippen molar-refractivity contribution in [3.63, 3.8) is 0 Å². The molecule has 26 heavy (non-hydrogen) atoms. The minimum atomic E-state index is -0.593. The molecule has 0 aliphatic carbocycles. The Kier molecular flexibility index (Phi) is 4.41. The minimum absolute atomic E-state index is 0.0647. The second kappa shape index (κ2) is 6.68. The van der Waals surface area contributed by atoms with Crippen LogP contribution >= 0.6 is 0 Å². The molecule has 0 saturated heterocycles. The Morgan fingerprint density at radius 3 is 2.85 bits per heavy atom. The molecule has 3 heterocycles. The Hall–Kier alpha value is -3.67. The van der Waals surface area contributed by atoms with Crippen LogP contribution in [0.15, 0.2) is 30.6 Å². The maximum Gasteiger partial charge on any atom is 0.328 e. The first kappa shape index (κ1) is 17.2. The first-order valence-corrected chi connectivity index (χ1v) is 7.75. The molecular formula is C17H15N5O4. The second-order valence-electron chi connectivity index (χ2n) is 5.73. The molecule has 0 fully saturated rings. The molecule has 9 nitrogen and oxygen atoms in total. The van der Waals surface area contributed by atoms with Gasteiger partial charge in [-0.25, -0.2) is 0 Å². The van der Waals surface area contributed by atoms with E-state index in [1.54, 1.807) is 22.9 Å². The predicted octanol–water partition coefficient (Wildman–Crippen LogP) is 2.28. The summed E-state index contributed by atoms with van der Waals surface area (Å²) in [6, 6.07) is 7.58. The number of carbonyl (C=O) groups is 1. The Bertz CT molecular complexity index is 1060. The third-order valence-electron chi connectivity index (χ3n) is 4.07. The zero-order chi connectivity index (χ0) is 18.8. The van der Waals surface area contributed by atoms with Crippen molar-refractivity contribution in [2.24, 2.45) is 0 Å². The lowest BCUT2D eigenvalue weighted by atomic mass is 10.2. The summed E-state index contributed by atoms with van der Waals surface area (Å²) >= 11 is 0. The summed E-state index contributed by atoms with van der Waals surface area (Å²) in [5.41, 5.74) is 2.19. The Balaban J connectivity index is 1.74. The summed E-state index contributed by atoms with van der Waals surface area (Å²) in [5.74, 6) is -0.593. The van der Waals surface area contributed by atoms with Crippen LogP contribution in [0, 0.1) is 35.3 Å². The van der Waals surface area contributed by atoms with Gasteiger partial charge in [0.05, 0.1) is 16.0 Å². The molecule has 3 aromatic rings. The van der Waals surface area contributed by atoms with Crippen LogP contribution in [0.1, 0.15) is 22.5 Å². The zero-order valence-electron chi connectivity index (χ0n) is 14.2. The van der Waals surface area contributed by atoms with Crippen molar-refractivity contribution in [3.8, 4) is 6.07 Å². The van der Waals surface area contributed by atoms with Crippen LogP contribution in [-0.2, 0) is 22.7 Å². The molecule has 3 rings (SSSR count). The van der Waals surface area contributed by atoms with E-state index < -0.39 is 10.9 Å². The molecule has 0 saturated carbocycles. The second-order valence-corrected chi connectivity index (χ2v) is 5.73. The lowest BCUT2D eigenvalue weighted by Crippen LogP contribution is -2.15. The van der Waals surface area contributed by atoms with E-state index in [9.17, 15) is 20.2 Å². The van der Waals surface area contributed by atoms with Gasteiger partial charge < -0.3 is 9.14 Å². The molecular weight excluding hydrogens is 338 g/mol. The Morgan fingerprint density at radius 1 is 1.42 bits per heavy atom. The fraction of sp³-hybridized carbons (Fsp3) is 0.235. The molecule has 0 N–H and O–H groups in total. The number of rotatable bonds is 5. The van der Waals surface area contributed by atoms with E-state index in [4.69, 9.17) is 4.74 Å². The number of nitro groups is 1. The number of fused-ring (bicyclic) bond motifs is 1. The summed E-state index contributed by atoms with van der Waals surface area (Å²) in [5, 5.41) is 24.4. The highest BCUT2D eigenvalue weighted by molar-refractivity contribution is 5.70. The third-order valence-corrected chi connectivity index (χ3v) is 4.07. The number of ether oxygens (including phenoxy) is 1. The molecule has 9 heteroatoms. The molecule has 132 valence electrons. The monoisotopic (exact) mass is 353 g/mol. The van der Waals surface area contributed by atoms with E-state index in [0.717, 1.165) is 5.52 Å². The molecule has 0 spiro atoms. The smallest absolute Gasteiger partial charge is 0.328 e. The highest BCUT2D eigenvalue weighted by atomic mass is 16.6. The standard InChI is InChI=1S/C17H15N5O4/c1-11-17(22(24)25)12(2)21(19-11)9-16(23)26-10-13-8-20-6-4-3-5-15(20)14(13)7-18/h3-6,8H,9-10H2,1-2H3. The highest BCUT2D eigenvalue weighted by Gasteiger charge is 2.23. The number of carbonyl (C=O) groups excluding carboxylic acids is 1. The third kappa shape index (κ3) is 3.00. The summed E-state index contributed by atoms with van der Waals surface area (Å²) in [6.45, 7) is 2.74. The van der Waals surface area contributed by atoms with Gasteiger partial charge in [-0.3, -0.25) is 19.6 Å². The molecule has 0 bridgehead atoms. The van der Waals surface area contributed by atoms with Crippen LogP contribution in [0.4, 0.5) is 5.69 Å². The van der Waals surface area contributed by atoms with Gasteiger partial charge in [0, 0.05) is 18.0 Å². The number of nitrogens with zero attached hydrogens (tertiary/aromatic N) is 5. The van der Waals surface area contributed by atoms with Crippen LogP contribution < -0.4 is 0 Å². The van der Waals surface area contributed by atoms with Crippen LogP contribution in [0.25, 0.3) is 5.52 Å². The van der Waals surface area contributed by atoms with Gasteiger partial charge in [-0.15, -0.1) is 0 Å². The fourth-order valence-electron chi connectivity index (χ4n) is 2.85. The van der Waals surface area contributed by atoms with E-state index in [2.05, 4.69) is 11.2 Å². The molecule has 0 aromatic carbocycles. The topological polar surface area (TPSA) is 115 Å². The average Bonchev–Trinajstić information content (AvgIpc) is 3.09. The number of hydrogen-bond donors (Lipinski definition) is 0. The summed E-state index contributed by atoms with van der Waals surface area (Å²) in [6.07, 6.45) is 3.53. The van der Waals surface area contributed by atoms with Crippen LogP contribution in [0.2, 0.25) is 0 Å². The van der Waals surface area contributed by atoms with Crippen molar-refractivity contribution in [1.29, 1.82) is 5.26 Å². The highest BCUT2D eigenvalue weighted by Crippen LogP contribution is 2.22. The van der Waals surface area contributed by atoms with Crippen LogP contribution in [0.3, 0.4) is 0 Å². The normalized spacial score (nSPS) is 10.7. The maximum atomic E-state index is 12.1. The lowest BCUT2D eigenvalue weighted by Gasteiger charge is -2.05. The Morgan fingerprint density at radius 2 is 2.19 bits per heavy atom. The first-order chi connectivity index (χ1) is 12.4. The van der Waals surface area contributed by atoms with Crippen molar-refractivity contribution in [2.75, 3.05) is 0 Å². The van der Waals surface area contributed by atoms with Crippen molar-refractivity contribution in [2.45, 2.75) is 27.0 Å². The van der Waals surface area contributed by atoms with Gasteiger partial charge >= 0.3 is 11.7 Å². The molecule has 0 unspecified atom stereocenters. The molecule has 0 aliphatic heterocycles. The molecule has 0 aliphatic rings. The van der Waals surface area contributed by atoms with E-state index in [1.165, 1.54) is 18.5 Å². The number of hydrogen-bond acceptors (Lipinski definition) is 6. The van der Waals surface area contributed by atoms with E-state index in [0.29, 0.717) is 11.1 Å². The van der Waals surface area contributed by atoms with Crippen molar-refractivity contribution < 1.29 is 14.5 Å². The van der Waals surface area contributed by atoms with Crippen LogP contribution in [0.5, 0.6) is 0 Å². The quantitative estimate of drug-likeness (QED) is 0.395. The molecule has 0 amide bonds. The largest absolute Gasteiger partial charge is 0.459 e. The zero-order valence-corrected chi connectivity index (χ0v) is 14.2. The lowest BCUT2D eigenvalue weighted by molar-refractivity contribution is -0.386. The Labute approximate surface area is 148 Å². The molecule has 3 aromatic heterocycles. The number of aromatic nitrogens is 3. The van der Waals surface area contributed by atoms with Crippen molar-refractivity contribution >= 4 is 17.2 Å². The molecule has 0 radical (unpaired) electrons. The van der Waals surface area contributed by atoms with E-state index >= 15 is 0 Å². The first-order valence-electron chi connectivity index (χ1n) is 7.75. The van der Waals surface area contributed by atoms with E-state index in [1.807, 2.05) is 12.1 Å². The van der Waals surface area contributed by atoms with Gasteiger partial charge in [0.1, 0.15) is 30.6 Å². The molecule has 0 atom stereocenters. The van der Waals surface area contributed by atoms with Gasteiger partial charge in [0.2, 0.25) is 0 Å². The average molecular weight is 353 g/mol. The SMILES string of the molecule is Cc1nn(CC(=O)OCc2cn3ccccc3c2C#N)c(C)c1[N+](=O)[O-]. The summed E-state index contributed by atoms with van der Waals surface area (Å²) < 4.78 is 8.27. The van der Waals surface area contributed by atoms with Crippen molar-refractivity contribution in [3.05, 3.63) is 63.2 Å². The van der Waals surface area contributed by atoms with Gasteiger partial charge in [-0.2, -0.15) is 10.4 Å². The van der Waals surface area contributed by atoms with Gasteiger partial charge in [0.15, 0.2) is 0 Å². The van der Waals surface area contributed by atoms with Gasteiger partial charge in [-0.05, 0) is 26.0 Å². The fourth-order valence-corrected chi connectivity index (χ4v) is 2.85. The number of nitriles is 1. The van der Waals surface area contributed by atoms with Gasteiger partial charge in [0.25, 0.3) is 0 Å².